The summed E-state index contributed by atoms with van der Waals surface area (Å²) < 4.78 is 19.1. The van der Waals surface area contributed by atoms with Gasteiger partial charge in [-0.1, -0.05) is 6.07 Å². The highest BCUT2D eigenvalue weighted by molar-refractivity contribution is 5.32. The molecule has 1 aliphatic rings. The molecule has 0 radical (unpaired) electrons. The molecule has 4 heteroatoms. The van der Waals surface area contributed by atoms with Crippen LogP contribution in [0.2, 0.25) is 0 Å². The van der Waals surface area contributed by atoms with Crippen molar-refractivity contribution in [3.05, 3.63) is 35.1 Å². The summed E-state index contributed by atoms with van der Waals surface area (Å²) >= 11 is 0. The van der Waals surface area contributed by atoms with Crippen molar-refractivity contribution in [3.8, 4) is 6.07 Å². The van der Waals surface area contributed by atoms with Gasteiger partial charge >= 0.3 is 0 Å². The molecule has 1 saturated heterocycles. The Morgan fingerprint density at radius 2 is 2.39 bits per heavy atom. The number of halogens is 1. The summed E-state index contributed by atoms with van der Waals surface area (Å²) in [6, 6.07) is 6.50. The first kappa shape index (κ1) is 13.0. The molecule has 1 fully saturated rings. The van der Waals surface area contributed by atoms with E-state index in [0.717, 1.165) is 32.4 Å². The molecule has 2 rings (SSSR count). The summed E-state index contributed by atoms with van der Waals surface area (Å²) in [5, 5.41) is 11.8. The van der Waals surface area contributed by atoms with E-state index in [0.29, 0.717) is 23.8 Å². The summed E-state index contributed by atoms with van der Waals surface area (Å²) in [5.41, 5.74) is 0.956. The Bertz CT molecular complexity index is 436. The first-order valence-corrected chi connectivity index (χ1v) is 6.30. The van der Waals surface area contributed by atoms with Gasteiger partial charge < -0.3 is 10.1 Å². The van der Waals surface area contributed by atoms with Crippen LogP contribution in [0.5, 0.6) is 0 Å². The topological polar surface area (TPSA) is 45.0 Å². The van der Waals surface area contributed by atoms with Gasteiger partial charge in [-0.15, -0.1) is 0 Å². The fourth-order valence-electron chi connectivity index (χ4n) is 2.12. The fraction of sp³-hybridized carbons (Fsp3) is 0.500. The molecule has 0 saturated carbocycles. The van der Waals surface area contributed by atoms with Gasteiger partial charge in [0, 0.05) is 18.7 Å². The average Bonchev–Trinajstić information content (AvgIpc) is 2.89. The highest BCUT2D eigenvalue weighted by Crippen LogP contribution is 2.14. The number of rotatable bonds is 5. The van der Waals surface area contributed by atoms with E-state index in [-0.39, 0.29) is 5.82 Å². The molecule has 1 unspecified atom stereocenters. The molecule has 3 nitrogen and oxygen atoms in total. The van der Waals surface area contributed by atoms with Gasteiger partial charge in [0.15, 0.2) is 0 Å². The third-order valence-electron chi connectivity index (χ3n) is 3.16. The Morgan fingerprint density at radius 3 is 3.06 bits per heavy atom. The van der Waals surface area contributed by atoms with E-state index >= 15 is 0 Å². The van der Waals surface area contributed by atoms with Gasteiger partial charge in [0.05, 0.1) is 17.7 Å². The van der Waals surface area contributed by atoms with Crippen LogP contribution in [0.25, 0.3) is 0 Å². The first-order valence-electron chi connectivity index (χ1n) is 6.30. The van der Waals surface area contributed by atoms with E-state index < -0.39 is 0 Å². The predicted molar refractivity (Wildman–Crippen MR) is 66.4 cm³/mol. The lowest BCUT2D eigenvalue weighted by Crippen LogP contribution is -2.20. The zero-order chi connectivity index (χ0) is 12.8. The monoisotopic (exact) mass is 248 g/mol. The highest BCUT2D eigenvalue weighted by Gasteiger charge is 2.14. The smallest absolute Gasteiger partial charge is 0.129 e. The molecule has 0 bridgehead atoms. The third kappa shape index (κ3) is 3.52. The van der Waals surface area contributed by atoms with Crippen molar-refractivity contribution in [2.24, 2.45) is 0 Å². The summed E-state index contributed by atoms with van der Waals surface area (Å²) in [4.78, 5) is 0. The number of nitrogens with zero attached hydrogens (tertiary/aromatic N) is 1. The lowest BCUT2D eigenvalue weighted by Gasteiger charge is -2.10. The van der Waals surface area contributed by atoms with E-state index in [4.69, 9.17) is 10.00 Å². The molecule has 1 aromatic carbocycles. The number of benzene rings is 1. The summed E-state index contributed by atoms with van der Waals surface area (Å²) in [6.45, 7) is 2.18. The standard InChI is InChI=1S/C14H17FN2O/c15-14-8-11(9-16)3-4-12(14)10-17-6-5-13-2-1-7-18-13/h3-4,8,13,17H,1-2,5-7,10H2. The van der Waals surface area contributed by atoms with E-state index in [1.807, 2.05) is 6.07 Å². The van der Waals surface area contributed by atoms with E-state index in [2.05, 4.69) is 5.32 Å². The van der Waals surface area contributed by atoms with Gasteiger partial charge in [-0.3, -0.25) is 0 Å². The van der Waals surface area contributed by atoms with Gasteiger partial charge in [-0.25, -0.2) is 4.39 Å². The highest BCUT2D eigenvalue weighted by atomic mass is 19.1. The van der Waals surface area contributed by atoms with Gasteiger partial charge in [-0.05, 0) is 37.9 Å². The molecule has 0 spiro atoms. The van der Waals surface area contributed by atoms with Crippen LogP contribution in [0.15, 0.2) is 18.2 Å². The molecule has 1 N–H and O–H groups in total. The molecule has 0 amide bonds. The normalized spacial score (nSPS) is 18.8. The Labute approximate surface area is 107 Å². The zero-order valence-electron chi connectivity index (χ0n) is 10.3. The van der Waals surface area contributed by atoms with Gasteiger partial charge in [0.1, 0.15) is 5.82 Å². The van der Waals surface area contributed by atoms with Crippen molar-refractivity contribution in [3.63, 3.8) is 0 Å². The van der Waals surface area contributed by atoms with Crippen molar-refractivity contribution in [1.29, 1.82) is 5.26 Å². The quantitative estimate of drug-likeness (QED) is 0.814. The number of hydrogen-bond donors (Lipinski definition) is 1. The largest absolute Gasteiger partial charge is 0.378 e. The molecule has 1 atom stereocenters. The Morgan fingerprint density at radius 1 is 1.50 bits per heavy atom. The number of ether oxygens (including phenoxy) is 1. The van der Waals surface area contributed by atoms with Crippen LogP contribution in [0.3, 0.4) is 0 Å². The van der Waals surface area contributed by atoms with Crippen molar-refractivity contribution < 1.29 is 9.13 Å². The predicted octanol–water partition coefficient (Wildman–Crippen LogP) is 2.36. The molecular weight excluding hydrogens is 231 g/mol. The summed E-state index contributed by atoms with van der Waals surface area (Å²) in [5.74, 6) is -0.321. The molecule has 0 aliphatic carbocycles. The van der Waals surface area contributed by atoms with E-state index in [1.54, 1.807) is 12.1 Å². The third-order valence-corrected chi connectivity index (χ3v) is 3.16. The summed E-state index contributed by atoms with van der Waals surface area (Å²) in [7, 11) is 0. The minimum atomic E-state index is -0.321. The molecule has 1 aliphatic heterocycles. The van der Waals surface area contributed by atoms with Crippen LogP contribution in [-0.4, -0.2) is 19.3 Å². The van der Waals surface area contributed by atoms with Crippen LogP contribution in [0.4, 0.5) is 4.39 Å². The van der Waals surface area contributed by atoms with Crippen molar-refractivity contribution in [1.82, 2.24) is 5.32 Å². The maximum absolute atomic E-state index is 13.5. The van der Waals surface area contributed by atoms with Crippen LogP contribution < -0.4 is 5.32 Å². The number of nitriles is 1. The Balaban J connectivity index is 1.74. The molecule has 1 aromatic rings. The van der Waals surface area contributed by atoms with Gasteiger partial charge in [0.2, 0.25) is 0 Å². The SMILES string of the molecule is N#Cc1ccc(CNCCC2CCCO2)c(F)c1. The van der Waals surface area contributed by atoms with Crippen LogP contribution in [-0.2, 0) is 11.3 Å². The van der Waals surface area contributed by atoms with Crippen LogP contribution in [0, 0.1) is 17.1 Å². The Kier molecular flexibility index (Phi) is 4.68. The maximum Gasteiger partial charge on any atom is 0.129 e. The maximum atomic E-state index is 13.5. The number of nitrogens with one attached hydrogen (secondary N) is 1. The molecule has 96 valence electrons. The molecule has 0 aromatic heterocycles. The van der Waals surface area contributed by atoms with Crippen LogP contribution in [0.1, 0.15) is 30.4 Å². The van der Waals surface area contributed by atoms with E-state index in [1.165, 1.54) is 6.07 Å². The average molecular weight is 248 g/mol. The van der Waals surface area contributed by atoms with Crippen molar-refractivity contribution >= 4 is 0 Å². The second-order valence-corrected chi connectivity index (χ2v) is 4.52. The van der Waals surface area contributed by atoms with Gasteiger partial charge in [-0.2, -0.15) is 5.26 Å². The number of hydrogen-bond acceptors (Lipinski definition) is 3. The van der Waals surface area contributed by atoms with E-state index in [9.17, 15) is 4.39 Å². The van der Waals surface area contributed by atoms with Crippen molar-refractivity contribution in [2.75, 3.05) is 13.2 Å². The Hall–Kier alpha value is -1.44. The second kappa shape index (κ2) is 6.48. The zero-order valence-corrected chi connectivity index (χ0v) is 10.3. The first-order chi connectivity index (χ1) is 8.79. The lowest BCUT2D eigenvalue weighted by molar-refractivity contribution is 0.104. The van der Waals surface area contributed by atoms with Crippen LogP contribution >= 0.6 is 0 Å². The van der Waals surface area contributed by atoms with Gasteiger partial charge in [0.25, 0.3) is 0 Å². The minimum absolute atomic E-state index is 0.321. The second-order valence-electron chi connectivity index (χ2n) is 4.52. The minimum Gasteiger partial charge on any atom is -0.378 e. The molecule has 1 heterocycles. The summed E-state index contributed by atoms with van der Waals surface area (Å²) in [6.07, 6.45) is 3.61. The van der Waals surface area contributed by atoms with Crippen molar-refractivity contribution in [2.45, 2.75) is 31.9 Å². The molecular formula is C14H17FN2O. The lowest BCUT2D eigenvalue weighted by atomic mass is 10.1. The molecule has 18 heavy (non-hydrogen) atoms. The fourth-order valence-corrected chi connectivity index (χ4v) is 2.12.